The second-order valence-electron chi connectivity index (χ2n) is 8.08. The van der Waals surface area contributed by atoms with Crippen molar-refractivity contribution in [1.82, 2.24) is 10.2 Å². The molecule has 0 saturated carbocycles. The summed E-state index contributed by atoms with van der Waals surface area (Å²) >= 11 is 0. The molecule has 1 fully saturated rings. The van der Waals surface area contributed by atoms with Gasteiger partial charge in [-0.3, -0.25) is 0 Å². The van der Waals surface area contributed by atoms with E-state index in [0.29, 0.717) is 19.5 Å². The number of aldehydes is 1. The minimum Gasteiger partial charge on any atom is -0.444 e. The third kappa shape index (κ3) is 6.76. The number of rotatable bonds is 4. The monoisotopic (exact) mass is 342 g/mol. The minimum absolute atomic E-state index is 0.00441. The molecule has 1 saturated heterocycles. The van der Waals surface area contributed by atoms with Crippen molar-refractivity contribution >= 4 is 18.5 Å². The van der Waals surface area contributed by atoms with E-state index in [2.05, 4.69) is 5.32 Å². The van der Waals surface area contributed by atoms with Gasteiger partial charge in [-0.1, -0.05) is 0 Å². The Bertz CT molecular complexity index is 465. The summed E-state index contributed by atoms with van der Waals surface area (Å²) in [6, 6.07) is -0.271. The molecule has 24 heavy (non-hydrogen) atoms. The molecule has 1 aliphatic heterocycles. The van der Waals surface area contributed by atoms with Crippen molar-refractivity contribution < 1.29 is 23.9 Å². The van der Waals surface area contributed by atoms with Gasteiger partial charge in [-0.05, 0) is 53.9 Å². The van der Waals surface area contributed by atoms with Crippen molar-refractivity contribution in [1.29, 1.82) is 0 Å². The Labute approximate surface area is 144 Å². The first-order valence-corrected chi connectivity index (χ1v) is 8.33. The summed E-state index contributed by atoms with van der Waals surface area (Å²) in [5.74, 6) is -0.00441. The van der Waals surface area contributed by atoms with Crippen molar-refractivity contribution in [2.45, 2.75) is 71.6 Å². The average Bonchev–Trinajstić information content (AvgIpc) is 2.76. The zero-order valence-corrected chi connectivity index (χ0v) is 15.5. The number of nitrogens with one attached hydrogen (secondary N) is 1. The van der Waals surface area contributed by atoms with E-state index in [1.165, 1.54) is 0 Å². The predicted molar refractivity (Wildman–Crippen MR) is 89.8 cm³/mol. The molecule has 1 unspecified atom stereocenters. The fourth-order valence-corrected chi connectivity index (χ4v) is 2.65. The van der Waals surface area contributed by atoms with Gasteiger partial charge in [0.2, 0.25) is 0 Å². The maximum atomic E-state index is 12.3. The van der Waals surface area contributed by atoms with Crippen LogP contribution in [0.3, 0.4) is 0 Å². The highest BCUT2D eigenvalue weighted by Crippen LogP contribution is 2.27. The highest BCUT2D eigenvalue weighted by Gasteiger charge is 2.38. The number of carbonyl (C=O) groups is 3. The first-order valence-electron chi connectivity index (χ1n) is 8.33. The van der Waals surface area contributed by atoms with E-state index >= 15 is 0 Å². The molecule has 0 aliphatic carbocycles. The molecular formula is C17H30N2O5. The van der Waals surface area contributed by atoms with Gasteiger partial charge < -0.3 is 24.5 Å². The van der Waals surface area contributed by atoms with Crippen LogP contribution in [0.4, 0.5) is 9.59 Å². The van der Waals surface area contributed by atoms with Crippen LogP contribution in [0.1, 0.15) is 54.4 Å². The van der Waals surface area contributed by atoms with Crippen LogP contribution in [0.15, 0.2) is 0 Å². The lowest BCUT2D eigenvalue weighted by molar-refractivity contribution is -0.108. The molecule has 0 aromatic carbocycles. The highest BCUT2D eigenvalue weighted by atomic mass is 16.6. The maximum absolute atomic E-state index is 12.3. The van der Waals surface area contributed by atoms with E-state index in [4.69, 9.17) is 9.47 Å². The number of nitrogens with zero attached hydrogens (tertiary/aromatic N) is 1. The number of amides is 2. The third-order valence-corrected chi connectivity index (χ3v) is 3.56. The van der Waals surface area contributed by atoms with Crippen molar-refractivity contribution in [3.63, 3.8) is 0 Å². The Balaban J connectivity index is 2.64. The van der Waals surface area contributed by atoms with Gasteiger partial charge in [0.05, 0.1) is 0 Å². The first-order chi connectivity index (χ1) is 10.9. The number of ether oxygens (including phenoxy) is 2. The molecule has 0 aromatic heterocycles. The fourth-order valence-electron chi connectivity index (χ4n) is 2.65. The van der Waals surface area contributed by atoms with E-state index < -0.39 is 23.4 Å². The summed E-state index contributed by atoms with van der Waals surface area (Å²) in [5, 5.41) is 2.72. The third-order valence-electron chi connectivity index (χ3n) is 3.56. The van der Waals surface area contributed by atoms with Gasteiger partial charge in [0, 0.05) is 25.6 Å². The minimum atomic E-state index is -0.588. The average molecular weight is 342 g/mol. The van der Waals surface area contributed by atoms with E-state index in [1.54, 1.807) is 46.4 Å². The van der Waals surface area contributed by atoms with Crippen LogP contribution in [0.2, 0.25) is 0 Å². The highest BCUT2D eigenvalue weighted by molar-refractivity contribution is 5.70. The molecule has 0 bridgehead atoms. The van der Waals surface area contributed by atoms with Crippen LogP contribution in [-0.4, -0.2) is 53.7 Å². The fraction of sp³-hybridized carbons (Fsp3) is 0.824. The Morgan fingerprint density at radius 3 is 2.21 bits per heavy atom. The molecule has 7 nitrogen and oxygen atoms in total. The summed E-state index contributed by atoms with van der Waals surface area (Å²) < 4.78 is 10.6. The van der Waals surface area contributed by atoms with E-state index in [9.17, 15) is 14.4 Å². The molecule has 1 rings (SSSR count). The normalized spacial score (nSPS) is 21.3. The van der Waals surface area contributed by atoms with Crippen LogP contribution in [0.25, 0.3) is 0 Å². The summed E-state index contributed by atoms with van der Waals surface area (Å²) in [5.41, 5.74) is -1.15. The molecule has 0 spiro atoms. The number of likely N-dealkylation sites (tertiary alicyclic amines) is 1. The van der Waals surface area contributed by atoms with Crippen molar-refractivity contribution in [2.24, 2.45) is 5.92 Å². The van der Waals surface area contributed by atoms with E-state index in [-0.39, 0.29) is 18.4 Å². The molecule has 1 heterocycles. The topological polar surface area (TPSA) is 84.9 Å². The lowest BCUT2D eigenvalue weighted by Gasteiger charge is -2.30. The van der Waals surface area contributed by atoms with Gasteiger partial charge in [0.25, 0.3) is 0 Å². The first kappa shape index (κ1) is 20.3. The number of hydrogen-bond acceptors (Lipinski definition) is 5. The second-order valence-corrected chi connectivity index (χ2v) is 8.08. The van der Waals surface area contributed by atoms with E-state index in [0.717, 1.165) is 6.29 Å². The number of carbonyl (C=O) groups excluding carboxylic acids is 3. The summed E-state index contributed by atoms with van der Waals surface area (Å²) in [6.45, 7) is 11.7. The second kappa shape index (κ2) is 7.85. The van der Waals surface area contributed by atoms with Gasteiger partial charge in [0.15, 0.2) is 0 Å². The Kier molecular flexibility index (Phi) is 6.63. The summed E-state index contributed by atoms with van der Waals surface area (Å²) in [6.07, 6.45) is 0.804. The van der Waals surface area contributed by atoms with E-state index in [1.807, 2.05) is 0 Å². The largest absolute Gasteiger partial charge is 0.444 e. The zero-order chi connectivity index (χ0) is 18.5. The maximum Gasteiger partial charge on any atom is 0.410 e. The van der Waals surface area contributed by atoms with Crippen LogP contribution >= 0.6 is 0 Å². The Hall–Kier alpha value is -1.79. The van der Waals surface area contributed by atoms with Crippen LogP contribution in [0.5, 0.6) is 0 Å². The number of alkyl carbamates (subject to hydrolysis) is 1. The molecule has 1 N–H and O–H groups in total. The van der Waals surface area contributed by atoms with Crippen LogP contribution in [-0.2, 0) is 14.3 Å². The lowest BCUT2D eigenvalue weighted by atomic mass is 9.98. The van der Waals surface area contributed by atoms with Gasteiger partial charge in [0.1, 0.15) is 17.5 Å². The lowest BCUT2D eigenvalue weighted by Crippen LogP contribution is -2.44. The smallest absolute Gasteiger partial charge is 0.410 e. The van der Waals surface area contributed by atoms with Crippen molar-refractivity contribution in [3.8, 4) is 0 Å². The molecule has 2 atom stereocenters. The summed E-state index contributed by atoms with van der Waals surface area (Å²) in [7, 11) is 0. The molecule has 0 aromatic rings. The zero-order valence-electron chi connectivity index (χ0n) is 15.5. The standard InChI is InChI=1S/C17H30N2O5/c1-16(2,3)23-14(21)18-11-12-7-9-19(13(12)8-10-20)15(22)24-17(4,5)6/h10,12-13H,7-9,11H2,1-6H3,(H,18,21)/t12-,13?/m0/s1. The van der Waals surface area contributed by atoms with Gasteiger partial charge in [-0.25, -0.2) is 9.59 Å². The van der Waals surface area contributed by atoms with Crippen molar-refractivity contribution in [2.75, 3.05) is 13.1 Å². The molecular weight excluding hydrogens is 312 g/mol. The van der Waals surface area contributed by atoms with Gasteiger partial charge in [-0.2, -0.15) is 0 Å². The molecule has 138 valence electrons. The molecule has 1 aliphatic rings. The Morgan fingerprint density at radius 1 is 1.12 bits per heavy atom. The molecule has 7 heteroatoms. The Morgan fingerprint density at radius 2 is 1.71 bits per heavy atom. The van der Waals surface area contributed by atoms with Crippen LogP contribution in [0, 0.1) is 5.92 Å². The quantitative estimate of drug-likeness (QED) is 0.794. The van der Waals surface area contributed by atoms with Crippen molar-refractivity contribution in [3.05, 3.63) is 0 Å². The SMILES string of the molecule is CC(C)(C)OC(=O)NC[C@@H]1CCN(C(=O)OC(C)(C)C)C1CC=O. The predicted octanol–water partition coefficient (Wildman–Crippen LogP) is 2.73. The summed E-state index contributed by atoms with van der Waals surface area (Å²) in [4.78, 5) is 36.6. The van der Waals surface area contributed by atoms with Crippen LogP contribution < -0.4 is 5.32 Å². The van der Waals surface area contributed by atoms with Gasteiger partial charge in [-0.15, -0.1) is 0 Å². The molecule has 2 amide bonds. The molecule has 0 radical (unpaired) electrons. The number of hydrogen-bond donors (Lipinski definition) is 1. The van der Waals surface area contributed by atoms with Gasteiger partial charge >= 0.3 is 12.2 Å².